The van der Waals surface area contributed by atoms with Crippen molar-refractivity contribution < 1.29 is 9.59 Å². The fourth-order valence-electron chi connectivity index (χ4n) is 3.90. The average Bonchev–Trinajstić information content (AvgIpc) is 3.17. The number of fused-ring (bicyclic) bond motifs is 1. The van der Waals surface area contributed by atoms with E-state index in [-0.39, 0.29) is 22.7 Å². The van der Waals surface area contributed by atoms with Crippen molar-refractivity contribution in [2.24, 2.45) is 0 Å². The SMILES string of the molecule is C[C@]12CCC(=O)N1[C@@H](C(=O)NC(c1ccccc1)c1ccccc1)CS2. The standard InChI is InChI=1S/C21H22N2O2S/c1-21-13-12-18(24)23(21)17(14-26-21)20(25)22-19(15-8-4-2-5-9-15)16-10-6-3-7-11-16/h2-11,17,19H,12-14H2,1H3,(H,22,25)/t17-,21+/m1/s1. The van der Waals surface area contributed by atoms with Crippen LogP contribution in [0.15, 0.2) is 60.7 Å². The summed E-state index contributed by atoms with van der Waals surface area (Å²) in [5.74, 6) is 0.674. The summed E-state index contributed by atoms with van der Waals surface area (Å²) in [6.07, 6.45) is 1.36. The van der Waals surface area contributed by atoms with Gasteiger partial charge in [-0.3, -0.25) is 9.59 Å². The van der Waals surface area contributed by atoms with Crippen LogP contribution < -0.4 is 5.32 Å². The number of rotatable bonds is 4. The third-order valence-electron chi connectivity index (χ3n) is 5.30. The van der Waals surface area contributed by atoms with E-state index in [0.29, 0.717) is 12.2 Å². The maximum atomic E-state index is 13.1. The molecule has 0 unspecified atom stereocenters. The molecule has 2 fully saturated rings. The molecule has 1 N–H and O–H groups in total. The minimum Gasteiger partial charge on any atom is -0.343 e. The zero-order valence-electron chi connectivity index (χ0n) is 14.7. The molecule has 0 aliphatic carbocycles. The lowest BCUT2D eigenvalue weighted by atomic mass is 9.98. The molecule has 0 spiro atoms. The smallest absolute Gasteiger partial charge is 0.244 e. The van der Waals surface area contributed by atoms with Crippen molar-refractivity contribution in [3.8, 4) is 0 Å². The van der Waals surface area contributed by atoms with Crippen LogP contribution in [0.2, 0.25) is 0 Å². The van der Waals surface area contributed by atoms with Gasteiger partial charge in [0, 0.05) is 12.2 Å². The van der Waals surface area contributed by atoms with Gasteiger partial charge in [-0.1, -0.05) is 60.7 Å². The summed E-state index contributed by atoms with van der Waals surface area (Å²) in [6.45, 7) is 2.07. The number of carbonyl (C=O) groups is 2. The molecule has 134 valence electrons. The fraction of sp³-hybridized carbons (Fsp3) is 0.333. The lowest BCUT2D eigenvalue weighted by molar-refractivity contribution is -0.138. The molecule has 2 aliphatic heterocycles. The van der Waals surface area contributed by atoms with Gasteiger partial charge in [0.2, 0.25) is 11.8 Å². The van der Waals surface area contributed by atoms with Gasteiger partial charge in [-0.05, 0) is 24.5 Å². The van der Waals surface area contributed by atoms with E-state index in [4.69, 9.17) is 0 Å². The second-order valence-corrected chi connectivity index (χ2v) is 8.53. The van der Waals surface area contributed by atoms with E-state index in [1.165, 1.54) is 0 Å². The predicted molar refractivity (Wildman–Crippen MR) is 104 cm³/mol. The molecular formula is C21H22N2O2S. The molecule has 4 rings (SSSR count). The van der Waals surface area contributed by atoms with E-state index in [0.717, 1.165) is 17.5 Å². The molecule has 0 bridgehead atoms. The quantitative estimate of drug-likeness (QED) is 0.903. The lowest BCUT2D eigenvalue weighted by Crippen LogP contribution is -2.50. The number of benzene rings is 2. The summed E-state index contributed by atoms with van der Waals surface area (Å²) in [5.41, 5.74) is 2.07. The second kappa shape index (κ2) is 6.80. The van der Waals surface area contributed by atoms with Crippen LogP contribution >= 0.6 is 11.8 Å². The second-order valence-electron chi connectivity index (χ2n) is 7.03. The Morgan fingerprint density at radius 3 is 2.27 bits per heavy atom. The van der Waals surface area contributed by atoms with Gasteiger partial charge in [0.25, 0.3) is 0 Å². The first kappa shape index (κ1) is 17.2. The summed E-state index contributed by atoms with van der Waals surface area (Å²) in [6, 6.07) is 19.3. The van der Waals surface area contributed by atoms with Crippen molar-refractivity contribution in [1.29, 1.82) is 0 Å². The van der Waals surface area contributed by atoms with E-state index in [2.05, 4.69) is 12.2 Å². The van der Waals surface area contributed by atoms with Crippen molar-refractivity contribution in [3.05, 3.63) is 71.8 Å². The number of amides is 2. The van der Waals surface area contributed by atoms with Crippen molar-refractivity contribution >= 4 is 23.6 Å². The van der Waals surface area contributed by atoms with Crippen LogP contribution in [0, 0.1) is 0 Å². The number of nitrogens with zero attached hydrogens (tertiary/aromatic N) is 1. The summed E-state index contributed by atoms with van der Waals surface area (Å²) in [4.78, 5) is 27.0. The molecular weight excluding hydrogens is 344 g/mol. The molecule has 26 heavy (non-hydrogen) atoms. The van der Waals surface area contributed by atoms with Crippen LogP contribution in [0.4, 0.5) is 0 Å². The highest BCUT2D eigenvalue weighted by Gasteiger charge is 2.53. The van der Waals surface area contributed by atoms with Crippen LogP contribution in [-0.4, -0.2) is 33.4 Å². The average molecular weight is 366 g/mol. The summed E-state index contributed by atoms with van der Waals surface area (Å²) >= 11 is 1.72. The van der Waals surface area contributed by atoms with Gasteiger partial charge in [-0.15, -0.1) is 11.8 Å². The normalized spacial score (nSPS) is 24.8. The van der Waals surface area contributed by atoms with Crippen molar-refractivity contribution in [2.75, 3.05) is 5.75 Å². The van der Waals surface area contributed by atoms with E-state index in [1.54, 1.807) is 16.7 Å². The Labute approximate surface area is 158 Å². The van der Waals surface area contributed by atoms with Crippen LogP contribution in [0.5, 0.6) is 0 Å². The molecule has 0 radical (unpaired) electrons. The zero-order chi connectivity index (χ0) is 18.1. The van der Waals surface area contributed by atoms with Gasteiger partial charge in [-0.2, -0.15) is 0 Å². The first-order valence-electron chi connectivity index (χ1n) is 8.95. The molecule has 2 amide bonds. The largest absolute Gasteiger partial charge is 0.343 e. The van der Waals surface area contributed by atoms with Gasteiger partial charge < -0.3 is 10.2 Å². The molecule has 2 atom stereocenters. The predicted octanol–water partition coefficient (Wildman–Crippen LogP) is 3.35. The molecule has 5 heteroatoms. The number of hydrogen-bond acceptors (Lipinski definition) is 3. The lowest BCUT2D eigenvalue weighted by Gasteiger charge is -2.31. The summed E-state index contributed by atoms with van der Waals surface area (Å²) < 4.78 is 0. The molecule has 0 aromatic heterocycles. The highest BCUT2D eigenvalue weighted by molar-refractivity contribution is 8.01. The van der Waals surface area contributed by atoms with Crippen LogP contribution in [-0.2, 0) is 9.59 Å². The molecule has 2 aliphatic rings. The topological polar surface area (TPSA) is 49.4 Å². The Kier molecular flexibility index (Phi) is 4.49. The minimum atomic E-state index is -0.394. The molecule has 2 heterocycles. The third-order valence-corrected chi connectivity index (χ3v) is 6.81. The first-order valence-corrected chi connectivity index (χ1v) is 9.93. The Bertz CT molecular complexity index is 772. The van der Waals surface area contributed by atoms with Gasteiger partial charge >= 0.3 is 0 Å². The summed E-state index contributed by atoms with van der Waals surface area (Å²) in [5, 5.41) is 3.20. The maximum absolute atomic E-state index is 13.1. The van der Waals surface area contributed by atoms with Gasteiger partial charge in [-0.25, -0.2) is 0 Å². The van der Waals surface area contributed by atoms with Gasteiger partial charge in [0.05, 0.1) is 10.9 Å². The van der Waals surface area contributed by atoms with Crippen molar-refractivity contribution in [2.45, 2.75) is 36.7 Å². The fourth-order valence-corrected chi connectivity index (χ4v) is 5.34. The van der Waals surface area contributed by atoms with E-state index < -0.39 is 6.04 Å². The Hall–Kier alpha value is -2.27. The number of carbonyl (C=O) groups excluding carboxylic acids is 2. The minimum absolute atomic E-state index is 0.0748. The van der Waals surface area contributed by atoms with Crippen LogP contribution in [0.1, 0.15) is 36.9 Å². The molecule has 0 saturated carbocycles. The van der Waals surface area contributed by atoms with E-state index >= 15 is 0 Å². The molecule has 2 saturated heterocycles. The molecule has 4 nitrogen and oxygen atoms in total. The number of nitrogens with one attached hydrogen (secondary N) is 1. The van der Waals surface area contributed by atoms with E-state index in [1.807, 2.05) is 60.7 Å². The highest BCUT2D eigenvalue weighted by atomic mass is 32.2. The third kappa shape index (κ3) is 3.01. The number of thioether (sulfide) groups is 1. The van der Waals surface area contributed by atoms with E-state index in [9.17, 15) is 9.59 Å². The Morgan fingerprint density at radius 2 is 1.69 bits per heavy atom. The van der Waals surface area contributed by atoms with Crippen LogP contribution in [0.3, 0.4) is 0 Å². The van der Waals surface area contributed by atoms with Gasteiger partial charge in [0.15, 0.2) is 0 Å². The van der Waals surface area contributed by atoms with Gasteiger partial charge in [0.1, 0.15) is 6.04 Å². The Morgan fingerprint density at radius 1 is 1.12 bits per heavy atom. The van der Waals surface area contributed by atoms with Crippen LogP contribution in [0.25, 0.3) is 0 Å². The maximum Gasteiger partial charge on any atom is 0.244 e. The Balaban J connectivity index is 1.60. The monoisotopic (exact) mass is 366 g/mol. The first-order chi connectivity index (χ1) is 12.6. The summed E-state index contributed by atoms with van der Waals surface area (Å²) in [7, 11) is 0. The van der Waals surface area contributed by atoms with Crippen molar-refractivity contribution in [1.82, 2.24) is 10.2 Å². The zero-order valence-corrected chi connectivity index (χ0v) is 15.5. The molecule has 2 aromatic rings. The molecule has 2 aromatic carbocycles. The van der Waals surface area contributed by atoms with Crippen molar-refractivity contribution in [3.63, 3.8) is 0 Å². The highest BCUT2D eigenvalue weighted by Crippen LogP contribution is 2.47. The number of hydrogen-bond donors (Lipinski definition) is 1.